The number of benzene rings is 1. The van der Waals surface area contributed by atoms with Gasteiger partial charge in [0.05, 0.1) is 11.3 Å². The number of rotatable bonds is 5. The molecule has 0 aliphatic heterocycles. The quantitative estimate of drug-likeness (QED) is 0.886. The molecule has 0 saturated carbocycles. The van der Waals surface area contributed by atoms with Crippen LogP contribution in [0.1, 0.15) is 39.4 Å². The van der Waals surface area contributed by atoms with Crippen LogP contribution >= 0.6 is 0 Å². The van der Waals surface area contributed by atoms with Gasteiger partial charge in [0, 0.05) is 17.7 Å². The van der Waals surface area contributed by atoms with Gasteiger partial charge < -0.3 is 14.9 Å². The maximum Gasteiger partial charge on any atom is 0.335 e. The summed E-state index contributed by atoms with van der Waals surface area (Å²) in [6.07, 6.45) is 0.810. The average molecular weight is 302 g/mol. The van der Waals surface area contributed by atoms with Gasteiger partial charge in [0.1, 0.15) is 5.76 Å². The summed E-state index contributed by atoms with van der Waals surface area (Å²) < 4.78 is 5.06. The normalized spacial score (nSPS) is 10.5. The van der Waals surface area contributed by atoms with Crippen LogP contribution in [0.5, 0.6) is 0 Å². The molecule has 1 aromatic heterocycles. The Kier molecular flexibility index (Phi) is 4.60. The lowest BCUT2D eigenvalue weighted by Crippen LogP contribution is -2.14. The number of nitrogens with zero attached hydrogens (tertiary/aromatic N) is 1. The molecule has 0 bridgehead atoms. The molecule has 0 aliphatic carbocycles. The van der Waals surface area contributed by atoms with Gasteiger partial charge in [0.25, 0.3) is 0 Å². The van der Waals surface area contributed by atoms with Crippen LogP contribution in [0.3, 0.4) is 0 Å². The average Bonchev–Trinajstić information content (AvgIpc) is 2.78. The van der Waals surface area contributed by atoms with Gasteiger partial charge in [-0.25, -0.2) is 4.79 Å². The Morgan fingerprint density at radius 2 is 2.00 bits per heavy atom. The summed E-state index contributed by atoms with van der Waals surface area (Å²) in [4.78, 5) is 23.0. The third-order valence-corrected chi connectivity index (χ3v) is 3.54. The largest absolute Gasteiger partial charge is 0.478 e. The lowest BCUT2D eigenvalue weighted by atomic mass is 10.1. The van der Waals surface area contributed by atoms with E-state index in [4.69, 9.17) is 9.63 Å². The van der Waals surface area contributed by atoms with Crippen molar-refractivity contribution in [2.45, 2.75) is 33.6 Å². The number of hydrogen-bond donors (Lipinski definition) is 2. The Bertz CT molecular complexity index is 699. The molecule has 6 heteroatoms. The molecule has 2 rings (SSSR count). The third kappa shape index (κ3) is 3.52. The van der Waals surface area contributed by atoms with Crippen molar-refractivity contribution < 1.29 is 19.2 Å². The van der Waals surface area contributed by atoms with Crippen molar-refractivity contribution in [3.8, 4) is 0 Å². The molecule has 116 valence electrons. The first-order valence-corrected chi connectivity index (χ1v) is 6.94. The van der Waals surface area contributed by atoms with Crippen LogP contribution < -0.4 is 5.32 Å². The van der Waals surface area contributed by atoms with E-state index in [1.807, 2.05) is 20.8 Å². The van der Waals surface area contributed by atoms with Gasteiger partial charge in [-0.3, -0.25) is 4.79 Å². The van der Waals surface area contributed by atoms with Crippen LogP contribution in [0.25, 0.3) is 0 Å². The smallest absolute Gasteiger partial charge is 0.335 e. The molecule has 1 aromatic carbocycles. The predicted octanol–water partition coefficient (Wildman–Crippen LogP) is 2.87. The molecular weight excluding hydrogens is 284 g/mol. The van der Waals surface area contributed by atoms with Gasteiger partial charge in [0.2, 0.25) is 5.91 Å². The lowest BCUT2D eigenvalue weighted by Gasteiger charge is -2.09. The lowest BCUT2D eigenvalue weighted by molar-refractivity contribution is -0.116. The van der Waals surface area contributed by atoms with Crippen molar-refractivity contribution >= 4 is 17.6 Å². The van der Waals surface area contributed by atoms with E-state index in [1.165, 1.54) is 12.1 Å². The van der Waals surface area contributed by atoms with Crippen molar-refractivity contribution in [3.05, 3.63) is 46.3 Å². The molecule has 0 aliphatic rings. The number of carboxylic acids is 1. The Labute approximate surface area is 128 Å². The zero-order chi connectivity index (χ0) is 16.3. The Morgan fingerprint density at radius 1 is 1.27 bits per heavy atom. The highest BCUT2D eigenvalue weighted by Gasteiger charge is 2.13. The molecule has 0 atom stereocenters. The highest BCUT2D eigenvalue weighted by molar-refractivity contribution is 5.94. The molecule has 2 aromatic rings. The molecule has 1 amide bonds. The number of nitrogens with one attached hydrogen (secondary N) is 1. The maximum atomic E-state index is 12.1. The molecule has 2 N–H and O–H groups in total. The number of aromatic nitrogens is 1. The van der Waals surface area contributed by atoms with E-state index < -0.39 is 5.97 Å². The van der Waals surface area contributed by atoms with E-state index in [0.717, 1.165) is 16.8 Å². The highest BCUT2D eigenvalue weighted by atomic mass is 16.5. The second-order valence-corrected chi connectivity index (χ2v) is 5.19. The van der Waals surface area contributed by atoms with Gasteiger partial charge in [-0.1, -0.05) is 11.2 Å². The third-order valence-electron chi connectivity index (χ3n) is 3.54. The Hall–Kier alpha value is -2.63. The SMILES string of the molecule is Cc1ccc(C(=O)O)cc1NC(=O)CCc1c(C)noc1C. The fraction of sp³-hybridized carbons (Fsp3) is 0.312. The van der Waals surface area contributed by atoms with E-state index in [2.05, 4.69) is 10.5 Å². The Balaban J connectivity index is 2.03. The first-order valence-electron chi connectivity index (χ1n) is 6.94. The van der Waals surface area contributed by atoms with Gasteiger partial charge in [0.15, 0.2) is 0 Å². The molecule has 0 fully saturated rings. The summed E-state index contributed by atoms with van der Waals surface area (Å²) >= 11 is 0. The van der Waals surface area contributed by atoms with Crippen LogP contribution in [0.15, 0.2) is 22.7 Å². The molecule has 0 saturated heterocycles. The summed E-state index contributed by atoms with van der Waals surface area (Å²) in [5, 5.41) is 15.6. The number of carbonyl (C=O) groups excluding carboxylic acids is 1. The number of carbonyl (C=O) groups is 2. The van der Waals surface area contributed by atoms with Gasteiger partial charge in [-0.05, 0) is 44.9 Å². The maximum absolute atomic E-state index is 12.1. The van der Waals surface area contributed by atoms with Crippen molar-refractivity contribution in [1.82, 2.24) is 5.16 Å². The van der Waals surface area contributed by atoms with Crippen molar-refractivity contribution in [1.29, 1.82) is 0 Å². The minimum Gasteiger partial charge on any atom is -0.478 e. The molecule has 6 nitrogen and oxygen atoms in total. The monoisotopic (exact) mass is 302 g/mol. The zero-order valence-corrected chi connectivity index (χ0v) is 12.8. The minimum atomic E-state index is -1.02. The van der Waals surface area contributed by atoms with Crippen molar-refractivity contribution in [2.75, 3.05) is 5.32 Å². The highest BCUT2D eigenvalue weighted by Crippen LogP contribution is 2.18. The zero-order valence-electron chi connectivity index (χ0n) is 12.8. The minimum absolute atomic E-state index is 0.145. The second-order valence-electron chi connectivity index (χ2n) is 5.19. The van der Waals surface area contributed by atoms with E-state index >= 15 is 0 Å². The van der Waals surface area contributed by atoms with E-state index in [0.29, 0.717) is 17.9 Å². The number of aromatic carboxylic acids is 1. The van der Waals surface area contributed by atoms with E-state index in [-0.39, 0.29) is 17.9 Å². The number of carboxylic acid groups (broad SMARTS) is 1. The van der Waals surface area contributed by atoms with E-state index in [1.54, 1.807) is 6.07 Å². The second kappa shape index (κ2) is 6.43. The van der Waals surface area contributed by atoms with Crippen LogP contribution in [-0.2, 0) is 11.2 Å². The summed E-state index contributed by atoms with van der Waals surface area (Å²) in [5.74, 6) is -0.480. The first-order chi connectivity index (χ1) is 10.4. The summed E-state index contributed by atoms with van der Waals surface area (Å²) in [6, 6.07) is 4.65. The summed E-state index contributed by atoms with van der Waals surface area (Å²) in [5.41, 5.74) is 3.20. The summed E-state index contributed by atoms with van der Waals surface area (Å²) in [7, 11) is 0. The number of hydrogen-bond acceptors (Lipinski definition) is 4. The van der Waals surface area contributed by atoms with Crippen molar-refractivity contribution in [2.24, 2.45) is 0 Å². The number of amides is 1. The molecule has 1 heterocycles. The molecular formula is C16H18N2O4. The molecule has 0 unspecified atom stereocenters. The standard InChI is InChI=1S/C16H18N2O4/c1-9-4-5-12(16(20)21)8-14(9)17-15(19)7-6-13-10(2)18-22-11(13)3/h4-5,8H,6-7H2,1-3H3,(H,17,19)(H,20,21). The number of aryl methyl sites for hydroxylation is 3. The Morgan fingerprint density at radius 3 is 2.59 bits per heavy atom. The van der Waals surface area contributed by atoms with Crippen molar-refractivity contribution in [3.63, 3.8) is 0 Å². The molecule has 0 radical (unpaired) electrons. The molecule has 22 heavy (non-hydrogen) atoms. The van der Waals surface area contributed by atoms with Crippen LogP contribution in [-0.4, -0.2) is 22.1 Å². The van der Waals surface area contributed by atoms with Gasteiger partial charge in [-0.2, -0.15) is 0 Å². The summed E-state index contributed by atoms with van der Waals surface area (Å²) in [6.45, 7) is 5.47. The molecule has 0 spiro atoms. The van der Waals surface area contributed by atoms with Crippen LogP contribution in [0.4, 0.5) is 5.69 Å². The first kappa shape index (κ1) is 15.8. The topological polar surface area (TPSA) is 92.4 Å². The van der Waals surface area contributed by atoms with E-state index in [9.17, 15) is 9.59 Å². The number of anilines is 1. The predicted molar refractivity (Wildman–Crippen MR) is 81.1 cm³/mol. The fourth-order valence-electron chi connectivity index (χ4n) is 2.20. The van der Waals surface area contributed by atoms with Gasteiger partial charge >= 0.3 is 5.97 Å². The van der Waals surface area contributed by atoms with Gasteiger partial charge in [-0.15, -0.1) is 0 Å². The van der Waals surface area contributed by atoms with Crippen LogP contribution in [0, 0.1) is 20.8 Å². The fourth-order valence-corrected chi connectivity index (χ4v) is 2.20. The van der Waals surface area contributed by atoms with Crippen LogP contribution in [0.2, 0.25) is 0 Å².